The van der Waals surface area contributed by atoms with Crippen LogP contribution in [0.4, 0.5) is 17.1 Å². The molecule has 1 heteroatoms. The lowest BCUT2D eigenvalue weighted by Gasteiger charge is -2.29. The molecule has 11 rings (SSSR count). The van der Waals surface area contributed by atoms with Crippen molar-refractivity contribution in [2.45, 2.75) is 25.2 Å². The number of nitrogens with zero attached hydrogens (tertiary/aromatic N) is 1. The number of hydrogen-bond acceptors (Lipinski definition) is 1. The standard InChI is InChI=1S/C60H45N/c1-60(2)56-39-48(59(55-25-13-21-45-19-9-11-23-51(45)55)47-29-27-43(28-30-47)41-15-5-3-6-16-41)33-37-53(56)54-38-36-50(40-57(54)60)61(58-26-14-22-46-20-10-12-24-52(46)58)49-34-31-44(32-35-49)42-17-7-4-8-18-42/h3-40,59H,1-2H3. The smallest absolute Gasteiger partial charge is 0.0540 e. The van der Waals surface area contributed by atoms with Crippen LogP contribution in [0.2, 0.25) is 0 Å². The Morgan fingerprint density at radius 2 is 0.836 bits per heavy atom. The molecule has 1 aliphatic carbocycles. The van der Waals surface area contributed by atoms with E-state index in [-0.39, 0.29) is 11.3 Å². The van der Waals surface area contributed by atoms with E-state index in [9.17, 15) is 0 Å². The number of fused-ring (bicyclic) bond motifs is 5. The molecule has 0 bridgehead atoms. The Bertz CT molecular complexity index is 2970. The van der Waals surface area contributed by atoms with E-state index in [4.69, 9.17) is 0 Å². The molecule has 0 aliphatic heterocycles. The fraction of sp³-hybridized carbons (Fsp3) is 0.0667. The van der Waals surface area contributed by atoms with E-state index in [0.29, 0.717) is 0 Å². The van der Waals surface area contributed by atoms with E-state index in [1.807, 2.05) is 0 Å². The van der Waals surface area contributed by atoms with Gasteiger partial charge in [-0.3, -0.25) is 0 Å². The highest BCUT2D eigenvalue weighted by Crippen LogP contribution is 2.52. The molecule has 10 aromatic rings. The highest BCUT2D eigenvalue weighted by Gasteiger charge is 2.37. The summed E-state index contributed by atoms with van der Waals surface area (Å²) in [6, 6.07) is 84.9. The zero-order valence-corrected chi connectivity index (χ0v) is 34.5. The molecule has 0 heterocycles. The average molecular weight is 780 g/mol. The fourth-order valence-corrected chi connectivity index (χ4v) is 9.88. The first-order valence-corrected chi connectivity index (χ1v) is 21.4. The van der Waals surface area contributed by atoms with Gasteiger partial charge in [0.25, 0.3) is 0 Å². The summed E-state index contributed by atoms with van der Waals surface area (Å²) in [6.07, 6.45) is 0. The number of hydrogen-bond donors (Lipinski definition) is 0. The van der Waals surface area contributed by atoms with Gasteiger partial charge in [-0.2, -0.15) is 0 Å². The van der Waals surface area contributed by atoms with E-state index in [0.717, 1.165) is 17.1 Å². The molecule has 0 saturated carbocycles. The van der Waals surface area contributed by atoms with Gasteiger partial charge in [-0.15, -0.1) is 0 Å². The molecule has 0 aromatic heterocycles. The van der Waals surface area contributed by atoms with Gasteiger partial charge < -0.3 is 4.90 Å². The molecule has 0 fully saturated rings. The molecule has 0 N–H and O–H groups in total. The number of benzene rings is 10. The second-order valence-electron chi connectivity index (χ2n) is 16.9. The molecule has 1 aliphatic rings. The molecule has 290 valence electrons. The summed E-state index contributed by atoms with van der Waals surface area (Å²) in [4.78, 5) is 2.44. The highest BCUT2D eigenvalue weighted by atomic mass is 15.1. The Morgan fingerprint density at radius 1 is 0.361 bits per heavy atom. The molecule has 61 heavy (non-hydrogen) atoms. The van der Waals surface area contributed by atoms with Crippen molar-refractivity contribution in [2.24, 2.45) is 0 Å². The van der Waals surface area contributed by atoms with Gasteiger partial charge in [-0.05, 0) is 108 Å². The van der Waals surface area contributed by atoms with Crippen LogP contribution in [0.25, 0.3) is 54.9 Å². The predicted molar refractivity (Wildman–Crippen MR) is 258 cm³/mol. The summed E-state index contributed by atoms with van der Waals surface area (Å²) >= 11 is 0. The second kappa shape index (κ2) is 15.0. The van der Waals surface area contributed by atoms with Crippen molar-refractivity contribution in [1.29, 1.82) is 0 Å². The predicted octanol–water partition coefficient (Wildman–Crippen LogP) is 16.3. The molecule has 0 radical (unpaired) electrons. The SMILES string of the molecule is CC1(C)c2cc(C(c3ccc(-c4ccccc4)cc3)c3cccc4ccccc34)ccc2-c2ccc(N(c3ccc(-c4ccccc4)cc3)c3cccc4ccccc34)cc21. The van der Waals surface area contributed by atoms with Gasteiger partial charge in [0.2, 0.25) is 0 Å². The third-order valence-corrected chi connectivity index (χ3v) is 13.0. The van der Waals surface area contributed by atoms with Crippen LogP contribution < -0.4 is 4.90 Å². The fourth-order valence-electron chi connectivity index (χ4n) is 9.88. The van der Waals surface area contributed by atoms with Gasteiger partial charge in [0.05, 0.1) is 5.69 Å². The van der Waals surface area contributed by atoms with Crippen molar-refractivity contribution in [3.05, 3.63) is 258 Å². The minimum atomic E-state index is -0.237. The maximum atomic E-state index is 2.51. The van der Waals surface area contributed by atoms with Crippen LogP contribution in [0.15, 0.2) is 231 Å². The monoisotopic (exact) mass is 779 g/mol. The maximum Gasteiger partial charge on any atom is 0.0540 e. The largest absolute Gasteiger partial charge is 0.310 e. The Hall–Kier alpha value is -7.48. The molecule has 1 atom stereocenters. The quantitative estimate of drug-likeness (QED) is 0.139. The third-order valence-electron chi connectivity index (χ3n) is 13.0. The van der Waals surface area contributed by atoms with Gasteiger partial charge in [0, 0.05) is 28.1 Å². The molecule has 1 nitrogen and oxygen atoms in total. The molecule has 0 saturated heterocycles. The van der Waals surface area contributed by atoms with Crippen LogP contribution in [0.1, 0.15) is 47.6 Å². The lowest BCUT2D eigenvalue weighted by Crippen LogP contribution is -2.17. The number of anilines is 3. The van der Waals surface area contributed by atoms with Crippen LogP contribution in [0.3, 0.4) is 0 Å². The minimum Gasteiger partial charge on any atom is -0.310 e. The van der Waals surface area contributed by atoms with E-state index >= 15 is 0 Å². The summed E-state index contributed by atoms with van der Waals surface area (Å²) in [7, 11) is 0. The summed E-state index contributed by atoms with van der Waals surface area (Å²) < 4.78 is 0. The average Bonchev–Trinajstić information content (AvgIpc) is 3.55. The lowest BCUT2D eigenvalue weighted by atomic mass is 9.78. The first kappa shape index (κ1) is 36.6. The highest BCUT2D eigenvalue weighted by molar-refractivity contribution is 5.99. The second-order valence-corrected chi connectivity index (χ2v) is 16.9. The Morgan fingerprint density at radius 3 is 1.51 bits per heavy atom. The molecule has 0 amide bonds. The molecule has 0 spiro atoms. The van der Waals surface area contributed by atoms with E-state index in [2.05, 4.69) is 249 Å². The Labute approximate surface area is 358 Å². The van der Waals surface area contributed by atoms with Crippen LogP contribution >= 0.6 is 0 Å². The summed E-state index contributed by atoms with van der Waals surface area (Å²) in [5, 5.41) is 5.00. The molecule has 10 aromatic carbocycles. The van der Waals surface area contributed by atoms with Crippen LogP contribution in [0, 0.1) is 0 Å². The first-order valence-electron chi connectivity index (χ1n) is 21.4. The third kappa shape index (κ3) is 6.42. The summed E-state index contributed by atoms with van der Waals surface area (Å²) in [5.74, 6) is 0.0528. The Balaban J connectivity index is 1.03. The minimum absolute atomic E-state index is 0.0528. The molecular weight excluding hydrogens is 735 g/mol. The maximum absolute atomic E-state index is 2.51. The number of rotatable bonds is 8. The molecule has 1 unspecified atom stereocenters. The van der Waals surface area contributed by atoms with Gasteiger partial charge >= 0.3 is 0 Å². The zero-order chi connectivity index (χ0) is 40.9. The first-order chi connectivity index (χ1) is 30.0. The van der Waals surface area contributed by atoms with Crippen molar-refractivity contribution >= 4 is 38.6 Å². The van der Waals surface area contributed by atoms with Gasteiger partial charge in [0.15, 0.2) is 0 Å². The molecular formula is C60H45N. The summed E-state index contributed by atoms with van der Waals surface area (Å²) in [6.45, 7) is 4.81. The van der Waals surface area contributed by atoms with Crippen molar-refractivity contribution in [3.63, 3.8) is 0 Å². The van der Waals surface area contributed by atoms with Crippen LogP contribution in [-0.2, 0) is 5.41 Å². The lowest BCUT2D eigenvalue weighted by molar-refractivity contribution is 0.659. The van der Waals surface area contributed by atoms with Crippen molar-refractivity contribution < 1.29 is 0 Å². The topological polar surface area (TPSA) is 3.24 Å². The van der Waals surface area contributed by atoms with Gasteiger partial charge in [-0.25, -0.2) is 0 Å². The van der Waals surface area contributed by atoms with Gasteiger partial charge in [-0.1, -0.05) is 214 Å². The van der Waals surface area contributed by atoms with Crippen molar-refractivity contribution in [3.8, 4) is 33.4 Å². The zero-order valence-electron chi connectivity index (χ0n) is 34.5. The van der Waals surface area contributed by atoms with Crippen LogP contribution in [-0.4, -0.2) is 0 Å². The van der Waals surface area contributed by atoms with E-state index in [1.165, 1.54) is 82.7 Å². The van der Waals surface area contributed by atoms with Gasteiger partial charge in [0.1, 0.15) is 0 Å². The van der Waals surface area contributed by atoms with Crippen molar-refractivity contribution in [1.82, 2.24) is 0 Å². The summed E-state index contributed by atoms with van der Waals surface area (Å²) in [5.41, 5.74) is 17.3. The Kier molecular flexibility index (Phi) is 8.98. The normalized spacial score (nSPS) is 13.1. The van der Waals surface area contributed by atoms with Crippen LogP contribution in [0.5, 0.6) is 0 Å². The van der Waals surface area contributed by atoms with Crippen molar-refractivity contribution in [2.75, 3.05) is 4.90 Å². The van der Waals surface area contributed by atoms with E-state index < -0.39 is 0 Å². The van der Waals surface area contributed by atoms with E-state index in [1.54, 1.807) is 0 Å².